The third-order valence-corrected chi connectivity index (χ3v) is 5.75. The summed E-state index contributed by atoms with van der Waals surface area (Å²) in [6.07, 6.45) is 5.04. The highest BCUT2D eigenvalue weighted by Crippen LogP contribution is 2.27. The lowest BCUT2D eigenvalue weighted by atomic mass is 9.96. The van der Waals surface area contributed by atoms with Crippen LogP contribution in [0.4, 0.5) is 4.39 Å². The van der Waals surface area contributed by atoms with Crippen molar-refractivity contribution in [2.24, 2.45) is 11.8 Å². The van der Waals surface area contributed by atoms with E-state index in [0.29, 0.717) is 18.7 Å². The smallest absolute Gasteiger partial charge is 0.253 e. The Kier molecular flexibility index (Phi) is 6.31. The highest BCUT2D eigenvalue weighted by atomic mass is 35.5. The van der Waals surface area contributed by atoms with Gasteiger partial charge in [-0.25, -0.2) is 4.39 Å². The molecule has 1 aromatic carbocycles. The summed E-state index contributed by atoms with van der Waals surface area (Å²) in [7, 11) is 0. The van der Waals surface area contributed by atoms with Crippen LogP contribution in [0.1, 0.15) is 36.0 Å². The van der Waals surface area contributed by atoms with E-state index in [1.165, 1.54) is 43.9 Å². The van der Waals surface area contributed by atoms with Crippen molar-refractivity contribution in [3.63, 3.8) is 0 Å². The second kappa shape index (κ2) is 8.47. The average Bonchev–Trinajstić information content (AvgIpc) is 2.83. The molecule has 2 atom stereocenters. The molecule has 3 rings (SSSR count). The second-order valence-electron chi connectivity index (χ2n) is 7.26. The lowest BCUT2D eigenvalue weighted by Gasteiger charge is -2.26. The van der Waals surface area contributed by atoms with Crippen LogP contribution in [0.3, 0.4) is 0 Å². The number of benzene rings is 1. The van der Waals surface area contributed by atoms with Crippen molar-refractivity contribution in [1.82, 2.24) is 9.80 Å². The zero-order valence-electron chi connectivity index (χ0n) is 14.5. The van der Waals surface area contributed by atoms with E-state index in [2.05, 4.69) is 4.90 Å². The van der Waals surface area contributed by atoms with Crippen molar-refractivity contribution in [1.29, 1.82) is 0 Å². The Morgan fingerprint density at radius 1 is 1.16 bits per heavy atom. The lowest BCUT2D eigenvalue weighted by Crippen LogP contribution is -2.35. The Hall–Kier alpha value is -1.17. The first-order valence-corrected chi connectivity index (χ1v) is 9.54. The van der Waals surface area contributed by atoms with Crippen LogP contribution in [0.5, 0.6) is 0 Å². The zero-order chi connectivity index (χ0) is 17.8. The molecule has 2 aliphatic heterocycles. The third-order valence-electron chi connectivity index (χ3n) is 5.46. The third kappa shape index (κ3) is 4.52. The van der Waals surface area contributed by atoms with Crippen LogP contribution in [0.2, 0.25) is 5.02 Å². The number of halogens is 2. The van der Waals surface area contributed by atoms with Gasteiger partial charge in [0.2, 0.25) is 0 Å². The molecule has 138 valence electrons. The molecule has 0 spiro atoms. The number of carbonyl (C=O) groups is 1. The number of hydrogen-bond donors (Lipinski definition) is 1. The van der Waals surface area contributed by atoms with Crippen molar-refractivity contribution in [2.45, 2.75) is 25.7 Å². The fraction of sp³-hybridized carbons (Fsp3) is 0.632. The van der Waals surface area contributed by atoms with E-state index in [4.69, 9.17) is 11.6 Å². The van der Waals surface area contributed by atoms with Crippen LogP contribution in [-0.2, 0) is 0 Å². The van der Waals surface area contributed by atoms with Gasteiger partial charge in [0, 0.05) is 37.7 Å². The predicted octanol–water partition coefficient (Wildman–Crippen LogP) is 3.04. The Balaban J connectivity index is 1.65. The van der Waals surface area contributed by atoms with E-state index in [1.807, 2.05) is 0 Å². The summed E-state index contributed by atoms with van der Waals surface area (Å²) >= 11 is 5.80. The molecule has 2 fully saturated rings. The molecule has 1 N–H and O–H groups in total. The van der Waals surface area contributed by atoms with Crippen molar-refractivity contribution in [2.75, 3.05) is 39.3 Å². The minimum absolute atomic E-state index is 0.0372. The first-order valence-electron chi connectivity index (χ1n) is 9.16. The van der Waals surface area contributed by atoms with Gasteiger partial charge in [0.15, 0.2) is 0 Å². The molecule has 0 aliphatic carbocycles. The van der Waals surface area contributed by atoms with Gasteiger partial charge in [0.05, 0.1) is 5.02 Å². The van der Waals surface area contributed by atoms with Gasteiger partial charge in [0.25, 0.3) is 5.91 Å². The number of aliphatic hydroxyl groups is 1. The van der Waals surface area contributed by atoms with E-state index in [1.54, 1.807) is 4.90 Å². The van der Waals surface area contributed by atoms with E-state index < -0.39 is 5.82 Å². The SMILES string of the molecule is O=C(c1ccc(F)c(Cl)c1)N1C[C@@H](CN2CCCCCC2)[C@@H](CO)C1. The molecule has 1 aromatic rings. The maximum Gasteiger partial charge on any atom is 0.253 e. The molecule has 2 aliphatic rings. The molecule has 1 amide bonds. The molecular weight excluding hydrogens is 343 g/mol. The summed E-state index contributed by atoms with van der Waals surface area (Å²) in [6, 6.07) is 4.08. The topological polar surface area (TPSA) is 43.8 Å². The van der Waals surface area contributed by atoms with Gasteiger partial charge in [-0.3, -0.25) is 4.79 Å². The van der Waals surface area contributed by atoms with E-state index in [-0.39, 0.29) is 29.4 Å². The highest BCUT2D eigenvalue weighted by Gasteiger charge is 2.36. The maximum absolute atomic E-state index is 13.3. The number of rotatable bonds is 4. The molecule has 4 nitrogen and oxygen atoms in total. The molecule has 0 saturated carbocycles. The minimum atomic E-state index is -0.521. The number of aliphatic hydroxyl groups excluding tert-OH is 1. The summed E-state index contributed by atoms with van der Waals surface area (Å²) in [5.41, 5.74) is 0.401. The predicted molar refractivity (Wildman–Crippen MR) is 96.3 cm³/mol. The molecule has 0 bridgehead atoms. The molecule has 6 heteroatoms. The molecule has 0 unspecified atom stereocenters. The van der Waals surface area contributed by atoms with Crippen LogP contribution in [-0.4, -0.2) is 60.1 Å². The van der Waals surface area contributed by atoms with Crippen LogP contribution in [0.25, 0.3) is 0 Å². The van der Waals surface area contributed by atoms with E-state index >= 15 is 0 Å². The fourth-order valence-electron chi connectivity index (χ4n) is 3.98. The highest BCUT2D eigenvalue weighted by molar-refractivity contribution is 6.31. The fourth-order valence-corrected chi connectivity index (χ4v) is 4.16. The molecule has 0 aromatic heterocycles. The monoisotopic (exact) mass is 368 g/mol. The van der Waals surface area contributed by atoms with E-state index in [0.717, 1.165) is 19.6 Å². The van der Waals surface area contributed by atoms with Crippen LogP contribution < -0.4 is 0 Å². The number of amides is 1. The number of likely N-dealkylation sites (tertiary alicyclic amines) is 2. The van der Waals surface area contributed by atoms with Gasteiger partial charge in [0.1, 0.15) is 5.82 Å². The van der Waals surface area contributed by atoms with Crippen molar-refractivity contribution < 1.29 is 14.3 Å². The van der Waals surface area contributed by atoms with E-state index in [9.17, 15) is 14.3 Å². The molecule has 25 heavy (non-hydrogen) atoms. The minimum Gasteiger partial charge on any atom is -0.396 e. The van der Waals surface area contributed by atoms with Gasteiger partial charge < -0.3 is 14.9 Å². The lowest BCUT2D eigenvalue weighted by molar-refractivity contribution is 0.0779. The molecule has 0 radical (unpaired) electrons. The van der Waals surface area contributed by atoms with Crippen molar-refractivity contribution in [3.05, 3.63) is 34.6 Å². The Labute approximate surface area is 153 Å². The van der Waals surface area contributed by atoms with Crippen molar-refractivity contribution >= 4 is 17.5 Å². The quantitative estimate of drug-likeness (QED) is 0.888. The normalized spacial score (nSPS) is 25.2. The summed E-state index contributed by atoms with van der Waals surface area (Å²) in [5.74, 6) is -0.281. The van der Waals surface area contributed by atoms with Gasteiger partial charge in [-0.1, -0.05) is 24.4 Å². The summed E-state index contributed by atoms with van der Waals surface area (Å²) < 4.78 is 13.3. The Morgan fingerprint density at radius 2 is 1.84 bits per heavy atom. The number of carbonyl (C=O) groups excluding carboxylic acids is 1. The van der Waals surface area contributed by atoms with Gasteiger partial charge >= 0.3 is 0 Å². The standard InChI is InChI=1S/C19H26ClFN2O2/c20-17-9-14(5-6-18(17)21)19(25)23-11-15(16(12-23)13-24)10-22-7-3-1-2-4-8-22/h5-6,9,15-16,24H,1-4,7-8,10-13H2/t15-,16-/m1/s1. The summed E-state index contributed by atoms with van der Waals surface area (Å²) in [4.78, 5) is 17.0. The first kappa shape index (κ1) is 18.6. The summed E-state index contributed by atoms with van der Waals surface area (Å²) in [6.45, 7) is 4.41. The van der Waals surface area contributed by atoms with Gasteiger partial charge in [-0.15, -0.1) is 0 Å². The van der Waals surface area contributed by atoms with Crippen LogP contribution in [0, 0.1) is 17.7 Å². The van der Waals surface area contributed by atoms with Gasteiger partial charge in [-0.05, 0) is 50.0 Å². The second-order valence-corrected chi connectivity index (χ2v) is 7.66. The van der Waals surface area contributed by atoms with Gasteiger partial charge in [-0.2, -0.15) is 0 Å². The zero-order valence-corrected chi connectivity index (χ0v) is 15.2. The van der Waals surface area contributed by atoms with Crippen molar-refractivity contribution in [3.8, 4) is 0 Å². The number of hydrogen-bond acceptors (Lipinski definition) is 3. The average molecular weight is 369 g/mol. The van der Waals surface area contributed by atoms with Crippen LogP contribution >= 0.6 is 11.6 Å². The molecular formula is C19H26ClFN2O2. The first-order chi connectivity index (χ1) is 12.1. The largest absolute Gasteiger partial charge is 0.396 e. The summed E-state index contributed by atoms with van der Waals surface area (Å²) in [5, 5.41) is 9.71. The Morgan fingerprint density at radius 3 is 2.48 bits per heavy atom. The number of nitrogens with zero attached hydrogens (tertiary/aromatic N) is 2. The molecule has 2 heterocycles. The van der Waals surface area contributed by atoms with Crippen LogP contribution in [0.15, 0.2) is 18.2 Å². The maximum atomic E-state index is 13.3. The molecule has 2 saturated heterocycles. The Bertz CT molecular complexity index is 605.